The summed E-state index contributed by atoms with van der Waals surface area (Å²) >= 11 is 0. The van der Waals surface area contributed by atoms with Crippen molar-refractivity contribution in [1.29, 1.82) is 0 Å². The molecular formula is C15H20N2O2. The zero-order valence-corrected chi connectivity index (χ0v) is 11.0. The third-order valence-electron chi connectivity index (χ3n) is 3.20. The van der Waals surface area contributed by atoms with Crippen molar-refractivity contribution in [2.24, 2.45) is 5.73 Å². The van der Waals surface area contributed by atoms with Gasteiger partial charge in [0.1, 0.15) is 6.61 Å². The van der Waals surface area contributed by atoms with Gasteiger partial charge in [0.2, 0.25) is 5.91 Å². The average molecular weight is 260 g/mol. The largest absolute Gasteiger partial charge is 0.368 e. The Kier molecular flexibility index (Phi) is 5.12. The maximum absolute atomic E-state index is 10.5. The third kappa shape index (κ3) is 4.50. The van der Waals surface area contributed by atoms with Gasteiger partial charge in [0, 0.05) is 19.6 Å². The minimum atomic E-state index is -0.430. The zero-order chi connectivity index (χ0) is 13.5. The molecule has 0 saturated heterocycles. The van der Waals surface area contributed by atoms with Crippen molar-refractivity contribution in [1.82, 2.24) is 4.90 Å². The number of hydrogen-bond donors (Lipinski definition) is 1. The topological polar surface area (TPSA) is 55.6 Å². The van der Waals surface area contributed by atoms with Crippen LogP contribution in [0.25, 0.3) is 0 Å². The van der Waals surface area contributed by atoms with Crippen molar-refractivity contribution < 1.29 is 9.53 Å². The van der Waals surface area contributed by atoms with Crippen LogP contribution >= 0.6 is 0 Å². The number of primary amides is 1. The average Bonchev–Trinajstić information content (AvgIpc) is 2.42. The Morgan fingerprint density at radius 1 is 1.32 bits per heavy atom. The molecule has 1 aromatic rings. The van der Waals surface area contributed by atoms with Crippen LogP contribution in [0.5, 0.6) is 0 Å². The lowest BCUT2D eigenvalue weighted by Gasteiger charge is -2.27. The van der Waals surface area contributed by atoms with Gasteiger partial charge in [-0.15, -0.1) is 0 Å². The summed E-state index contributed by atoms with van der Waals surface area (Å²) in [6.07, 6.45) is 5.13. The van der Waals surface area contributed by atoms with Gasteiger partial charge in [0.25, 0.3) is 0 Å². The van der Waals surface area contributed by atoms with Gasteiger partial charge >= 0.3 is 0 Å². The van der Waals surface area contributed by atoms with Crippen LogP contribution in [-0.4, -0.2) is 37.1 Å². The molecule has 102 valence electrons. The quantitative estimate of drug-likeness (QED) is 0.615. The molecule has 2 rings (SSSR count). The van der Waals surface area contributed by atoms with Crippen LogP contribution in [0.1, 0.15) is 11.1 Å². The van der Waals surface area contributed by atoms with E-state index in [0.717, 1.165) is 26.1 Å². The Labute approximate surface area is 113 Å². The predicted molar refractivity (Wildman–Crippen MR) is 74.6 cm³/mol. The molecular weight excluding hydrogens is 240 g/mol. The maximum Gasteiger partial charge on any atom is 0.243 e. The molecule has 1 aliphatic heterocycles. The van der Waals surface area contributed by atoms with Gasteiger partial charge in [-0.05, 0) is 17.5 Å². The number of hydrogen-bond acceptors (Lipinski definition) is 3. The molecule has 1 heterocycles. The van der Waals surface area contributed by atoms with Crippen molar-refractivity contribution in [2.75, 3.05) is 26.3 Å². The minimum absolute atomic E-state index is 0.0125. The molecule has 2 N–H and O–H groups in total. The Morgan fingerprint density at radius 2 is 2.11 bits per heavy atom. The second-order valence-corrected chi connectivity index (χ2v) is 4.71. The number of nitrogens with two attached hydrogens (primary N) is 1. The van der Waals surface area contributed by atoms with E-state index >= 15 is 0 Å². The van der Waals surface area contributed by atoms with E-state index in [-0.39, 0.29) is 6.61 Å². The third-order valence-corrected chi connectivity index (χ3v) is 3.20. The predicted octanol–water partition coefficient (Wildman–Crippen LogP) is 1.10. The second-order valence-electron chi connectivity index (χ2n) is 4.71. The molecule has 0 atom stereocenters. The first-order valence-electron chi connectivity index (χ1n) is 6.56. The fourth-order valence-corrected chi connectivity index (χ4v) is 2.23. The van der Waals surface area contributed by atoms with E-state index in [1.54, 1.807) is 0 Å². The highest BCUT2D eigenvalue weighted by molar-refractivity contribution is 5.74. The summed E-state index contributed by atoms with van der Waals surface area (Å²) in [5.41, 5.74) is 7.86. The van der Waals surface area contributed by atoms with Crippen molar-refractivity contribution in [3.8, 4) is 0 Å². The molecule has 0 spiro atoms. The lowest BCUT2D eigenvalue weighted by Crippen LogP contribution is -2.30. The number of amides is 1. The van der Waals surface area contributed by atoms with Gasteiger partial charge in [0.15, 0.2) is 0 Å². The SMILES string of the molecule is NC(=O)COCC=CCN1CCc2ccccc2C1. The number of fused-ring (bicyclic) bond motifs is 1. The smallest absolute Gasteiger partial charge is 0.243 e. The van der Waals surface area contributed by atoms with Crippen molar-refractivity contribution in [3.63, 3.8) is 0 Å². The van der Waals surface area contributed by atoms with Crippen LogP contribution in [0.15, 0.2) is 36.4 Å². The van der Waals surface area contributed by atoms with Crippen LogP contribution in [0.4, 0.5) is 0 Å². The van der Waals surface area contributed by atoms with E-state index in [2.05, 4.69) is 35.2 Å². The Balaban J connectivity index is 1.71. The second kappa shape index (κ2) is 7.07. The minimum Gasteiger partial charge on any atom is -0.368 e. The molecule has 0 radical (unpaired) electrons. The fraction of sp³-hybridized carbons (Fsp3) is 0.400. The highest BCUT2D eigenvalue weighted by Crippen LogP contribution is 2.17. The molecule has 19 heavy (non-hydrogen) atoms. The molecule has 4 heteroatoms. The zero-order valence-electron chi connectivity index (χ0n) is 11.0. The van der Waals surface area contributed by atoms with Crippen LogP contribution in [-0.2, 0) is 22.5 Å². The van der Waals surface area contributed by atoms with Crippen LogP contribution in [0.2, 0.25) is 0 Å². The Hall–Kier alpha value is -1.65. The first-order chi connectivity index (χ1) is 9.25. The molecule has 0 aromatic heterocycles. The summed E-state index contributed by atoms with van der Waals surface area (Å²) in [7, 11) is 0. The molecule has 1 aromatic carbocycles. The van der Waals surface area contributed by atoms with Gasteiger partial charge in [-0.2, -0.15) is 0 Å². The monoisotopic (exact) mass is 260 g/mol. The standard InChI is InChI=1S/C15H20N2O2/c16-15(18)12-19-10-4-3-8-17-9-7-13-5-1-2-6-14(13)11-17/h1-6H,7-12H2,(H2,16,18). The summed E-state index contributed by atoms with van der Waals surface area (Å²) < 4.78 is 5.06. The summed E-state index contributed by atoms with van der Waals surface area (Å²) in [6, 6.07) is 8.60. The number of rotatable bonds is 6. The van der Waals surface area contributed by atoms with Crippen LogP contribution in [0, 0.1) is 0 Å². The van der Waals surface area contributed by atoms with Crippen LogP contribution < -0.4 is 5.73 Å². The number of benzene rings is 1. The first-order valence-corrected chi connectivity index (χ1v) is 6.56. The Morgan fingerprint density at radius 3 is 2.89 bits per heavy atom. The van der Waals surface area contributed by atoms with Crippen molar-refractivity contribution >= 4 is 5.91 Å². The molecule has 0 unspecified atom stereocenters. The van der Waals surface area contributed by atoms with Crippen molar-refractivity contribution in [3.05, 3.63) is 47.5 Å². The van der Waals surface area contributed by atoms with E-state index < -0.39 is 5.91 Å². The number of carbonyl (C=O) groups is 1. The number of carbonyl (C=O) groups excluding carboxylic acids is 1. The molecule has 0 saturated carbocycles. The van der Waals surface area contributed by atoms with Gasteiger partial charge < -0.3 is 10.5 Å². The van der Waals surface area contributed by atoms with E-state index in [1.807, 2.05) is 6.08 Å². The first kappa shape index (κ1) is 13.8. The van der Waals surface area contributed by atoms with Crippen LogP contribution in [0.3, 0.4) is 0 Å². The number of ether oxygens (including phenoxy) is 1. The summed E-state index contributed by atoms with van der Waals surface area (Å²) in [4.78, 5) is 12.9. The Bertz CT molecular complexity index is 457. The van der Waals surface area contributed by atoms with E-state index in [4.69, 9.17) is 10.5 Å². The molecule has 0 bridgehead atoms. The van der Waals surface area contributed by atoms with E-state index in [1.165, 1.54) is 11.1 Å². The number of nitrogens with zero attached hydrogens (tertiary/aromatic N) is 1. The van der Waals surface area contributed by atoms with Gasteiger partial charge in [-0.3, -0.25) is 9.69 Å². The van der Waals surface area contributed by atoms with E-state index in [0.29, 0.717) is 6.61 Å². The molecule has 1 aliphatic rings. The van der Waals surface area contributed by atoms with E-state index in [9.17, 15) is 4.79 Å². The lowest BCUT2D eigenvalue weighted by molar-refractivity contribution is -0.122. The summed E-state index contributed by atoms with van der Waals surface area (Å²) in [6.45, 7) is 3.43. The molecule has 1 amide bonds. The van der Waals surface area contributed by atoms with Gasteiger partial charge in [0.05, 0.1) is 6.61 Å². The van der Waals surface area contributed by atoms with Gasteiger partial charge in [-0.25, -0.2) is 0 Å². The molecule has 0 aliphatic carbocycles. The normalized spacial score (nSPS) is 15.6. The molecule has 4 nitrogen and oxygen atoms in total. The highest BCUT2D eigenvalue weighted by atomic mass is 16.5. The molecule has 0 fully saturated rings. The van der Waals surface area contributed by atoms with Crippen molar-refractivity contribution in [2.45, 2.75) is 13.0 Å². The summed E-state index contributed by atoms with van der Waals surface area (Å²) in [5, 5.41) is 0. The lowest BCUT2D eigenvalue weighted by atomic mass is 10.00. The summed E-state index contributed by atoms with van der Waals surface area (Å²) in [5.74, 6) is -0.430. The maximum atomic E-state index is 10.5. The highest BCUT2D eigenvalue weighted by Gasteiger charge is 2.13. The van der Waals surface area contributed by atoms with Gasteiger partial charge in [-0.1, -0.05) is 36.4 Å². The fourth-order valence-electron chi connectivity index (χ4n) is 2.23.